The topological polar surface area (TPSA) is 97.4 Å². The lowest BCUT2D eigenvalue weighted by atomic mass is 10.1. The van der Waals surface area contributed by atoms with Crippen molar-refractivity contribution in [1.29, 1.82) is 0 Å². The normalized spacial score (nSPS) is 11.8. The number of carbonyl (C=O) groups is 1. The van der Waals surface area contributed by atoms with Crippen molar-refractivity contribution in [2.45, 2.75) is 38.6 Å². The molecule has 0 saturated carbocycles. The average molecular weight is 434 g/mol. The van der Waals surface area contributed by atoms with Gasteiger partial charge in [-0.3, -0.25) is 10.1 Å². The number of fused-ring (bicyclic) bond motifs is 1. The van der Waals surface area contributed by atoms with E-state index in [1.165, 1.54) is 36.6 Å². The van der Waals surface area contributed by atoms with Crippen molar-refractivity contribution >= 4 is 42.6 Å². The number of aryl methyl sites for hydroxylation is 2. The number of hydrogen-bond donors (Lipinski definition) is 2. The number of sulfonamides is 1. The molecule has 0 fully saturated rings. The van der Waals surface area contributed by atoms with Gasteiger partial charge in [-0.25, -0.2) is 18.1 Å². The smallest absolute Gasteiger partial charge is 0.257 e. The van der Waals surface area contributed by atoms with Crippen molar-refractivity contribution in [1.82, 2.24) is 9.71 Å². The lowest BCUT2D eigenvalue weighted by Gasteiger charge is -2.14. The zero-order valence-corrected chi connectivity index (χ0v) is 18.5. The SMILES string of the molecule is COc1ccc(C(=O)Nc2nc3c(C)cc(C)cc3s2)cc1S(=O)(=O)NC(C)C. The minimum absolute atomic E-state index is 0.0860. The molecule has 1 amide bonds. The molecule has 154 valence electrons. The van der Waals surface area contributed by atoms with Gasteiger partial charge in [0.25, 0.3) is 5.91 Å². The van der Waals surface area contributed by atoms with Gasteiger partial charge >= 0.3 is 0 Å². The molecule has 0 atom stereocenters. The van der Waals surface area contributed by atoms with Gasteiger partial charge in [0.05, 0.1) is 17.3 Å². The van der Waals surface area contributed by atoms with E-state index in [9.17, 15) is 13.2 Å². The Morgan fingerprint density at radius 2 is 1.90 bits per heavy atom. The number of methoxy groups -OCH3 is 1. The number of nitrogens with one attached hydrogen (secondary N) is 2. The second-order valence-electron chi connectivity index (χ2n) is 7.04. The van der Waals surface area contributed by atoms with E-state index in [1.807, 2.05) is 26.0 Å². The van der Waals surface area contributed by atoms with Crippen LogP contribution in [0, 0.1) is 13.8 Å². The molecule has 1 aromatic heterocycles. The van der Waals surface area contributed by atoms with Crippen LogP contribution in [0.1, 0.15) is 35.3 Å². The van der Waals surface area contributed by atoms with E-state index < -0.39 is 15.9 Å². The summed E-state index contributed by atoms with van der Waals surface area (Å²) in [6.07, 6.45) is 0. The second-order valence-corrected chi connectivity index (χ2v) is 9.76. The summed E-state index contributed by atoms with van der Waals surface area (Å²) in [7, 11) is -2.45. The number of hydrogen-bond acceptors (Lipinski definition) is 6. The maximum Gasteiger partial charge on any atom is 0.257 e. The number of benzene rings is 2. The van der Waals surface area contributed by atoms with Crippen LogP contribution in [-0.4, -0.2) is 32.5 Å². The van der Waals surface area contributed by atoms with Crippen LogP contribution in [-0.2, 0) is 10.0 Å². The fourth-order valence-corrected chi connectivity index (χ4v) is 5.48. The van der Waals surface area contributed by atoms with Gasteiger partial charge in [0.1, 0.15) is 10.6 Å². The maximum absolute atomic E-state index is 12.7. The summed E-state index contributed by atoms with van der Waals surface area (Å²) >= 11 is 1.38. The van der Waals surface area contributed by atoms with Crippen molar-refractivity contribution in [2.24, 2.45) is 0 Å². The molecule has 2 aromatic carbocycles. The largest absolute Gasteiger partial charge is 0.495 e. The molecule has 0 saturated heterocycles. The fraction of sp³-hybridized carbons (Fsp3) is 0.300. The quantitative estimate of drug-likeness (QED) is 0.615. The first-order valence-corrected chi connectivity index (χ1v) is 11.3. The number of ether oxygens (including phenoxy) is 1. The van der Waals surface area contributed by atoms with Gasteiger partial charge in [-0.2, -0.15) is 0 Å². The summed E-state index contributed by atoms with van der Waals surface area (Å²) in [6, 6.07) is 8.06. The predicted octanol–water partition coefficient (Wildman–Crippen LogP) is 3.86. The van der Waals surface area contributed by atoms with Crippen molar-refractivity contribution < 1.29 is 17.9 Å². The molecular formula is C20H23N3O4S2. The van der Waals surface area contributed by atoms with Crippen molar-refractivity contribution in [3.63, 3.8) is 0 Å². The van der Waals surface area contributed by atoms with Crippen molar-refractivity contribution in [3.05, 3.63) is 47.0 Å². The average Bonchev–Trinajstić information content (AvgIpc) is 3.02. The Kier molecular flexibility index (Phi) is 5.92. The van der Waals surface area contributed by atoms with Crippen LogP contribution in [0.2, 0.25) is 0 Å². The van der Waals surface area contributed by atoms with Crippen LogP contribution in [0.15, 0.2) is 35.2 Å². The highest BCUT2D eigenvalue weighted by molar-refractivity contribution is 7.89. The van der Waals surface area contributed by atoms with Gasteiger partial charge in [-0.1, -0.05) is 17.4 Å². The molecule has 0 aliphatic carbocycles. The third-order valence-electron chi connectivity index (χ3n) is 4.16. The summed E-state index contributed by atoms with van der Waals surface area (Å²) in [4.78, 5) is 17.2. The highest BCUT2D eigenvalue weighted by Crippen LogP contribution is 2.30. The van der Waals surface area contributed by atoms with Crippen molar-refractivity contribution in [2.75, 3.05) is 12.4 Å². The van der Waals surface area contributed by atoms with Gasteiger partial charge in [-0.05, 0) is 63.1 Å². The third kappa shape index (κ3) is 4.58. The Balaban J connectivity index is 1.94. The zero-order valence-electron chi connectivity index (χ0n) is 16.9. The maximum atomic E-state index is 12.7. The standard InChI is InChI=1S/C20H23N3O4S2/c1-11(2)23-29(25,26)17-10-14(6-7-15(17)27-5)19(24)22-20-21-18-13(4)8-12(3)9-16(18)28-20/h6-11,23H,1-5H3,(H,21,22,24). The monoisotopic (exact) mass is 433 g/mol. The highest BCUT2D eigenvalue weighted by Gasteiger charge is 2.23. The van der Waals surface area contributed by atoms with Gasteiger partial charge in [-0.15, -0.1) is 0 Å². The van der Waals surface area contributed by atoms with E-state index in [-0.39, 0.29) is 22.3 Å². The van der Waals surface area contributed by atoms with Gasteiger partial charge < -0.3 is 4.74 Å². The Morgan fingerprint density at radius 3 is 2.55 bits per heavy atom. The molecule has 9 heteroatoms. The summed E-state index contributed by atoms with van der Waals surface area (Å²) in [5.74, 6) is -0.275. The molecule has 3 aromatic rings. The van der Waals surface area contributed by atoms with Crippen molar-refractivity contribution in [3.8, 4) is 5.75 Å². The van der Waals surface area contributed by atoms with Crippen LogP contribution >= 0.6 is 11.3 Å². The Bertz CT molecular complexity index is 1180. The van der Waals surface area contributed by atoms with E-state index in [2.05, 4.69) is 15.0 Å². The van der Waals surface area contributed by atoms with Gasteiger partial charge in [0, 0.05) is 11.6 Å². The molecule has 7 nitrogen and oxygen atoms in total. The highest BCUT2D eigenvalue weighted by atomic mass is 32.2. The first kappa shape index (κ1) is 21.2. The fourth-order valence-electron chi connectivity index (χ4n) is 3.00. The van der Waals surface area contributed by atoms with Gasteiger partial charge in [0.2, 0.25) is 10.0 Å². The molecule has 0 aliphatic heterocycles. The molecule has 2 N–H and O–H groups in total. The molecule has 3 rings (SSSR count). The van der Waals surface area contributed by atoms with E-state index >= 15 is 0 Å². The van der Waals surface area contributed by atoms with Crippen LogP contribution in [0.5, 0.6) is 5.75 Å². The summed E-state index contributed by atoms with van der Waals surface area (Å²) in [6.45, 7) is 7.42. The number of amides is 1. The van der Waals surface area contributed by atoms with Crippen LogP contribution in [0.25, 0.3) is 10.2 Å². The van der Waals surface area contributed by atoms with E-state index in [0.717, 1.165) is 21.3 Å². The second kappa shape index (κ2) is 8.10. The van der Waals surface area contributed by atoms with E-state index in [0.29, 0.717) is 5.13 Å². The predicted molar refractivity (Wildman–Crippen MR) is 115 cm³/mol. The molecule has 0 aliphatic rings. The Hall–Kier alpha value is -2.49. The summed E-state index contributed by atoms with van der Waals surface area (Å²) < 4.78 is 33.9. The van der Waals surface area contributed by atoms with Crippen LogP contribution in [0.3, 0.4) is 0 Å². The minimum atomic E-state index is -3.83. The molecule has 29 heavy (non-hydrogen) atoms. The zero-order chi connectivity index (χ0) is 21.3. The van der Waals surface area contributed by atoms with E-state index in [4.69, 9.17) is 4.74 Å². The van der Waals surface area contributed by atoms with Crippen LogP contribution in [0.4, 0.5) is 5.13 Å². The number of rotatable bonds is 6. The lowest BCUT2D eigenvalue weighted by Crippen LogP contribution is -2.30. The lowest BCUT2D eigenvalue weighted by molar-refractivity contribution is 0.102. The van der Waals surface area contributed by atoms with Crippen LogP contribution < -0.4 is 14.8 Å². The number of aromatic nitrogens is 1. The van der Waals surface area contributed by atoms with Gasteiger partial charge in [0.15, 0.2) is 5.13 Å². The molecule has 0 bridgehead atoms. The Labute approximate surface area is 174 Å². The first-order valence-electron chi connectivity index (χ1n) is 9.00. The molecular weight excluding hydrogens is 410 g/mol. The summed E-state index contributed by atoms with van der Waals surface area (Å²) in [5, 5.41) is 3.22. The number of nitrogens with zero attached hydrogens (tertiary/aromatic N) is 1. The molecule has 0 radical (unpaired) electrons. The third-order valence-corrected chi connectivity index (χ3v) is 6.75. The molecule has 0 unspecified atom stereocenters. The number of anilines is 1. The first-order chi connectivity index (χ1) is 13.6. The number of thiazole rings is 1. The summed E-state index contributed by atoms with van der Waals surface area (Å²) in [5.41, 5.74) is 3.20. The van der Waals surface area contributed by atoms with E-state index in [1.54, 1.807) is 13.8 Å². The number of carbonyl (C=O) groups excluding carboxylic acids is 1. The molecule has 1 heterocycles. The Morgan fingerprint density at radius 1 is 1.17 bits per heavy atom. The minimum Gasteiger partial charge on any atom is -0.495 e. The molecule has 0 spiro atoms.